The lowest BCUT2D eigenvalue weighted by Crippen LogP contribution is -2.10. The summed E-state index contributed by atoms with van der Waals surface area (Å²) in [5.74, 6) is -2.06. The quantitative estimate of drug-likeness (QED) is 0.781. The number of benzene rings is 1. The maximum atomic E-state index is 13.5. The standard InChI is InChI=1S/C12H8F4N2O/c1-7-2-3-10(9(13)4-7)19-8-5-17-11(18-6-8)12(14,15)16/h2-6H,1H3. The Balaban J connectivity index is 2.20. The molecule has 1 aromatic heterocycles. The van der Waals surface area contributed by atoms with Gasteiger partial charge in [0.2, 0.25) is 5.82 Å². The molecule has 0 bridgehead atoms. The summed E-state index contributed by atoms with van der Waals surface area (Å²) >= 11 is 0. The summed E-state index contributed by atoms with van der Waals surface area (Å²) in [5, 5.41) is 0. The van der Waals surface area contributed by atoms with Gasteiger partial charge in [-0.05, 0) is 24.6 Å². The topological polar surface area (TPSA) is 35.0 Å². The third kappa shape index (κ3) is 3.18. The van der Waals surface area contributed by atoms with E-state index in [0.29, 0.717) is 5.56 Å². The van der Waals surface area contributed by atoms with Crippen LogP contribution in [0.5, 0.6) is 11.5 Å². The average molecular weight is 272 g/mol. The van der Waals surface area contributed by atoms with Gasteiger partial charge < -0.3 is 4.74 Å². The lowest BCUT2D eigenvalue weighted by molar-refractivity contribution is -0.145. The van der Waals surface area contributed by atoms with Crippen LogP contribution in [0.4, 0.5) is 17.6 Å². The zero-order valence-corrected chi connectivity index (χ0v) is 9.70. The molecule has 0 fully saturated rings. The highest BCUT2D eigenvalue weighted by Crippen LogP contribution is 2.28. The van der Waals surface area contributed by atoms with Crippen LogP contribution in [0.2, 0.25) is 0 Å². The molecule has 0 N–H and O–H groups in total. The molecule has 0 aliphatic heterocycles. The molecule has 1 aromatic carbocycles. The SMILES string of the molecule is Cc1ccc(Oc2cnc(C(F)(F)F)nc2)c(F)c1. The van der Waals surface area contributed by atoms with Crippen LogP contribution in [0.1, 0.15) is 11.4 Å². The first kappa shape index (κ1) is 13.3. The minimum atomic E-state index is -4.62. The predicted octanol–water partition coefficient (Wildman–Crippen LogP) is 3.74. The Kier molecular flexibility index (Phi) is 3.37. The van der Waals surface area contributed by atoms with Gasteiger partial charge in [0.1, 0.15) is 0 Å². The van der Waals surface area contributed by atoms with Crippen LogP contribution in [-0.4, -0.2) is 9.97 Å². The van der Waals surface area contributed by atoms with Crippen LogP contribution in [0.15, 0.2) is 30.6 Å². The summed E-state index contributed by atoms with van der Waals surface area (Å²) in [5.41, 5.74) is 0.702. The molecule has 19 heavy (non-hydrogen) atoms. The van der Waals surface area contributed by atoms with Crippen molar-refractivity contribution in [2.24, 2.45) is 0 Å². The number of aromatic nitrogens is 2. The van der Waals surface area contributed by atoms with E-state index in [1.54, 1.807) is 13.0 Å². The van der Waals surface area contributed by atoms with Gasteiger partial charge in [0.25, 0.3) is 0 Å². The number of rotatable bonds is 2. The van der Waals surface area contributed by atoms with E-state index >= 15 is 0 Å². The summed E-state index contributed by atoms with van der Waals surface area (Å²) < 4.78 is 55.2. The predicted molar refractivity (Wildman–Crippen MR) is 58.2 cm³/mol. The van der Waals surface area contributed by atoms with Gasteiger partial charge in [-0.1, -0.05) is 6.07 Å². The molecule has 2 aromatic rings. The van der Waals surface area contributed by atoms with Crippen molar-refractivity contribution in [2.45, 2.75) is 13.1 Å². The van der Waals surface area contributed by atoms with Crippen molar-refractivity contribution in [3.8, 4) is 11.5 Å². The van der Waals surface area contributed by atoms with E-state index in [0.717, 1.165) is 12.4 Å². The van der Waals surface area contributed by atoms with E-state index in [1.165, 1.54) is 12.1 Å². The van der Waals surface area contributed by atoms with E-state index in [4.69, 9.17) is 4.74 Å². The van der Waals surface area contributed by atoms with Crippen molar-refractivity contribution < 1.29 is 22.3 Å². The van der Waals surface area contributed by atoms with Crippen LogP contribution in [0, 0.1) is 12.7 Å². The molecule has 2 rings (SSSR count). The van der Waals surface area contributed by atoms with E-state index in [2.05, 4.69) is 9.97 Å². The van der Waals surface area contributed by atoms with E-state index in [-0.39, 0.29) is 11.5 Å². The Morgan fingerprint density at radius 3 is 2.26 bits per heavy atom. The molecule has 0 spiro atoms. The molecular formula is C12H8F4N2O. The third-order valence-electron chi connectivity index (χ3n) is 2.20. The Labute approximate surface area is 105 Å². The van der Waals surface area contributed by atoms with Gasteiger partial charge in [-0.15, -0.1) is 0 Å². The highest BCUT2D eigenvalue weighted by molar-refractivity contribution is 5.32. The van der Waals surface area contributed by atoms with Gasteiger partial charge in [-0.25, -0.2) is 14.4 Å². The molecule has 0 aliphatic carbocycles. The Hall–Kier alpha value is -2.18. The molecule has 7 heteroatoms. The number of aryl methyl sites for hydroxylation is 1. The molecule has 0 unspecified atom stereocenters. The smallest absolute Gasteiger partial charge is 0.451 e. The second kappa shape index (κ2) is 4.83. The molecule has 0 saturated heterocycles. The molecule has 1 heterocycles. The Bertz CT molecular complexity index is 581. The lowest BCUT2D eigenvalue weighted by atomic mass is 10.2. The van der Waals surface area contributed by atoms with Gasteiger partial charge in [-0.2, -0.15) is 13.2 Å². The number of nitrogens with zero attached hydrogens (tertiary/aromatic N) is 2. The van der Waals surface area contributed by atoms with Crippen LogP contribution in [0.25, 0.3) is 0 Å². The molecule has 0 aliphatic rings. The van der Waals surface area contributed by atoms with Crippen LogP contribution in [-0.2, 0) is 6.18 Å². The van der Waals surface area contributed by atoms with Crippen molar-refractivity contribution in [1.82, 2.24) is 9.97 Å². The minimum Gasteiger partial charge on any atom is -0.451 e. The fourth-order valence-electron chi connectivity index (χ4n) is 1.33. The van der Waals surface area contributed by atoms with Gasteiger partial charge in [0.15, 0.2) is 17.3 Å². The third-order valence-corrected chi connectivity index (χ3v) is 2.20. The maximum absolute atomic E-state index is 13.5. The highest BCUT2D eigenvalue weighted by Gasteiger charge is 2.34. The first-order valence-electron chi connectivity index (χ1n) is 5.19. The normalized spacial score (nSPS) is 11.4. The molecule has 100 valence electrons. The molecule has 0 amide bonds. The van der Waals surface area contributed by atoms with Gasteiger partial charge >= 0.3 is 6.18 Å². The van der Waals surface area contributed by atoms with Crippen molar-refractivity contribution in [3.63, 3.8) is 0 Å². The number of hydrogen-bond acceptors (Lipinski definition) is 3. The van der Waals surface area contributed by atoms with Gasteiger partial charge in [0, 0.05) is 0 Å². The number of halogens is 4. The van der Waals surface area contributed by atoms with Crippen LogP contribution in [0.3, 0.4) is 0 Å². The van der Waals surface area contributed by atoms with Gasteiger partial charge in [0.05, 0.1) is 12.4 Å². The second-order valence-corrected chi connectivity index (χ2v) is 3.78. The molecule has 0 saturated carbocycles. The van der Waals surface area contributed by atoms with Crippen LogP contribution < -0.4 is 4.74 Å². The zero-order chi connectivity index (χ0) is 14.0. The number of ether oxygens (including phenoxy) is 1. The fraction of sp³-hybridized carbons (Fsp3) is 0.167. The molecular weight excluding hydrogens is 264 g/mol. The Morgan fingerprint density at radius 2 is 1.74 bits per heavy atom. The summed E-state index contributed by atoms with van der Waals surface area (Å²) in [4.78, 5) is 6.22. The van der Waals surface area contributed by atoms with Crippen molar-refractivity contribution in [2.75, 3.05) is 0 Å². The van der Waals surface area contributed by atoms with Crippen molar-refractivity contribution in [3.05, 3.63) is 47.8 Å². The Morgan fingerprint density at radius 1 is 1.11 bits per heavy atom. The van der Waals surface area contributed by atoms with E-state index in [9.17, 15) is 17.6 Å². The first-order valence-corrected chi connectivity index (χ1v) is 5.19. The summed E-state index contributed by atoms with van der Waals surface area (Å²) in [6.45, 7) is 1.70. The molecule has 0 radical (unpaired) electrons. The highest BCUT2D eigenvalue weighted by atomic mass is 19.4. The van der Waals surface area contributed by atoms with E-state index < -0.39 is 17.8 Å². The molecule has 3 nitrogen and oxygen atoms in total. The average Bonchev–Trinajstić information content (AvgIpc) is 2.32. The fourth-order valence-corrected chi connectivity index (χ4v) is 1.33. The number of alkyl halides is 3. The van der Waals surface area contributed by atoms with E-state index in [1.807, 2.05) is 0 Å². The van der Waals surface area contributed by atoms with Crippen molar-refractivity contribution >= 4 is 0 Å². The van der Waals surface area contributed by atoms with Crippen LogP contribution >= 0.6 is 0 Å². The largest absolute Gasteiger partial charge is 0.451 e. The summed E-state index contributed by atoms with van der Waals surface area (Å²) in [6.07, 6.45) is -2.93. The summed E-state index contributed by atoms with van der Waals surface area (Å²) in [6, 6.07) is 4.24. The van der Waals surface area contributed by atoms with Gasteiger partial charge in [-0.3, -0.25) is 0 Å². The molecule has 0 atom stereocenters. The second-order valence-electron chi connectivity index (χ2n) is 3.78. The minimum absolute atomic E-state index is 0.0734. The first-order chi connectivity index (χ1) is 8.86. The maximum Gasteiger partial charge on any atom is 0.451 e. The monoisotopic (exact) mass is 272 g/mol. The summed E-state index contributed by atoms with van der Waals surface area (Å²) in [7, 11) is 0. The zero-order valence-electron chi connectivity index (χ0n) is 9.70. The van der Waals surface area contributed by atoms with Crippen molar-refractivity contribution in [1.29, 1.82) is 0 Å². The lowest BCUT2D eigenvalue weighted by Gasteiger charge is -2.08. The number of hydrogen-bond donors (Lipinski definition) is 0.